The minimum atomic E-state index is 0.607. The Morgan fingerprint density at radius 1 is 0.611 bits per heavy atom. The van der Waals surface area contributed by atoms with Crippen LogP contribution in [0, 0.1) is 5.92 Å². The van der Waals surface area contributed by atoms with Gasteiger partial charge in [0.1, 0.15) is 18.4 Å². The molecule has 0 radical (unpaired) electrons. The van der Waals surface area contributed by atoms with Gasteiger partial charge in [-0.2, -0.15) is 0 Å². The summed E-state index contributed by atoms with van der Waals surface area (Å²) in [5.41, 5.74) is 1.51. The van der Waals surface area contributed by atoms with E-state index in [0.29, 0.717) is 12.0 Å². The van der Waals surface area contributed by atoms with Crippen LogP contribution < -0.4 is 4.57 Å². The van der Waals surface area contributed by atoms with Crippen LogP contribution in [0.15, 0.2) is 49.1 Å². The number of nitrogens with one attached hydrogen (secondary N) is 1. The number of imidazole rings is 1. The van der Waals surface area contributed by atoms with Gasteiger partial charge >= 0.3 is 0 Å². The molecule has 0 fully saturated rings. The van der Waals surface area contributed by atoms with Gasteiger partial charge in [0.05, 0.1) is 0 Å². The molecule has 1 aromatic carbocycles. The van der Waals surface area contributed by atoms with Gasteiger partial charge in [-0.3, -0.25) is 4.98 Å². The van der Waals surface area contributed by atoms with Crippen LogP contribution in [-0.2, 0) is 6.42 Å². The first-order valence-electron chi connectivity index (χ1n) is 15.9. The van der Waals surface area contributed by atoms with Crippen LogP contribution in [0.3, 0.4) is 0 Å². The summed E-state index contributed by atoms with van der Waals surface area (Å²) in [5, 5.41) is 0. The standard InChI is InChI=1S/C34H58N2/c1-3-5-7-9-11-13-15-17-22-26-33(30-32-24-20-19-21-25-32)34(36-29-28-35-31-36)27-23-18-16-14-12-10-8-6-4-2/h19-21,24-25,28-29,31,33-34H,3-18,22-23,26-27,30H2,1-2H3/p+1. The summed E-state index contributed by atoms with van der Waals surface area (Å²) in [6.45, 7) is 4.61. The van der Waals surface area contributed by atoms with Gasteiger partial charge in [0, 0.05) is 5.92 Å². The molecule has 0 saturated carbocycles. The molecule has 0 spiro atoms. The van der Waals surface area contributed by atoms with E-state index in [-0.39, 0.29) is 0 Å². The summed E-state index contributed by atoms with van der Waals surface area (Å²) >= 11 is 0. The first-order valence-corrected chi connectivity index (χ1v) is 15.9. The molecule has 0 bridgehead atoms. The highest BCUT2D eigenvalue weighted by Crippen LogP contribution is 2.29. The van der Waals surface area contributed by atoms with Gasteiger partial charge in [0.25, 0.3) is 0 Å². The number of aromatic nitrogens is 2. The third-order valence-corrected chi connectivity index (χ3v) is 8.12. The topological polar surface area (TPSA) is 19.7 Å². The number of hydrogen-bond donors (Lipinski definition) is 1. The van der Waals surface area contributed by atoms with Crippen LogP contribution in [-0.4, -0.2) is 4.98 Å². The average Bonchev–Trinajstić information content (AvgIpc) is 3.44. The summed E-state index contributed by atoms with van der Waals surface area (Å²) in [6.07, 6.45) is 35.8. The van der Waals surface area contributed by atoms with Crippen molar-refractivity contribution in [3.63, 3.8) is 0 Å². The smallest absolute Gasteiger partial charge is 0.241 e. The maximum Gasteiger partial charge on any atom is 0.241 e. The molecule has 2 atom stereocenters. The second-order valence-corrected chi connectivity index (χ2v) is 11.3. The van der Waals surface area contributed by atoms with Crippen molar-refractivity contribution in [3.05, 3.63) is 54.6 Å². The minimum absolute atomic E-state index is 0.607. The largest absolute Gasteiger partial charge is 0.250 e. The van der Waals surface area contributed by atoms with Crippen molar-refractivity contribution in [2.45, 2.75) is 155 Å². The first-order chi connectivity index (χ1) is 17.8. The SMILES string of the molecule is CCCCCCCCCCCC(Cc1ccccc1)C(CCCCCCCCCCC)[n+]1cc[nH]c1. The molecule has 0 saturated heterocycles. The third-order valence-electron chi connectivity index (χ3n) is 8.12. The summed E-state index contributed by atoms with van der Waals surface area (Å²) in [4.78, 5) is 3.33. The summed E-state index contributed by atoms with van der Waals surface area (Å²) in [6, 6.07) is 11.9. The number of aromatic amines is 1. The van der Waals surface area contributed by atoms with Crippen molar-refractivity contribution >= 4 is 0 Å². The van der Waals surface area contributed by atoms with E-state index in [1.165, 1.54) is 140 Å². The summed E-state index contributed by atoms with van der Waals surface area (Å²) < 4.78 is 2.49. The van der Waals surface area contributed by atoms with Crippen molar-refractivity contribution in [3.8, 4) is 0 Å². The van der Waals surface area contributed by atoms with Crippen LogP contribution in [0.4, 0.5) is 0 Å². The fraction of sp³-hybridized carbons (Fsp3) is 0.735. The molecule has 0 amide bonds. The average molecular weight is 496 g/mol. The molecule has 36 heavy (non-hydrogen) atoms. The number of rotatable bonds is 24. The minimum Gasteiger partial charge on any atom is -0.250 e. The summed E-state index contributed by atoms with van der Waals surface area (Å²) in [7, 11) is 0. The molecule has 1 heterocycles. The lowest BCUT2D eigenvalue weighted by Gasteiger charge is -2.25. The Morgan fingerprint density at radius 3 is 1.61 bits per heavy atom. The third kappa shape index (κ3) is 14.2. The van der Waals surface area contributed by atoms with E-state index in [4.69, 9.17) is 0 Å². The van der Waals surface area contributed by atoms with Crippen LogP contribution in [0.1, 0.15) is 154 Å². The Bertz CT molecular complexity index is 693. The van der Waals surface area contributed by atoms with E-state index in [1.54, 1.807) is 0 Å². The zero-order valence-electron chi connectivity index (χ0n) is 24.1. The Hall–Kier alpha value is -1.57. The molecule has 2 nitrogen and oxygen atoms in total. The molecule has 2 aromatic rings. The van der Waals surface area contributed by atoms with Crippen LogP contribution in [0.2, 0.25) is 0 Å². The van der Waals surface area contributed by atoms with Crippen LogP contribution >= 0.6 is 0 Å². The van der Waals surface area contributed by atoms with Crippen molar-refractivity contribution in [2.75, 3.05) is 0 Å². The Morgan fingerprint density at radius 2 is 1.11 bits per heavy atom. The highest BCUT2D eigenvalue weighted by molar-refractivity contribution is 5.15. The van der Waals surface area contributed by atoms with Gasteiger partial charge in [0.15, 0.2) is 0 Å². The Balaban J connectivity index is 1.83. The quantitative estimate of drug-likeness (QED) is 0.110. The van der Waals surface area contributed by atoms with Crippen LogP contribution in [0.5, 0.6) is 0 Å². The van der Waals surface area contributed by atoms with E-state index >= 15 is 0 Å². The molecular weight excluding hydrogens is 436 g/mol. The van der Waals surface area contributed by atoms with Crippen molar-refractivity contribution in [2.24, 2.45) is 5.92 Å². The molecule has 1 N–H and O–H groups in total. The van der Waals surface area contributed by atoms with Crippen molar-refractivity contribution in [1.29, 1.82) is 0 Å². The second-order valence-electron chi connectivity index (χ2n) is 11.3. The maximum absolute atomic E-state index is 3.33. The lowest BCUT2D eigenvalue weighted by molar-refractivity contribution is -0.730. The Labute approximate surface area is 224 Å². The van der Waals surface area contributed by atoms with Gasteiger partial charge in [0.2, 0.25) is 6.33 Å². The van der Waals surface area contributed by atoms with E-state index in [1.807, 2.05) is 0 Å². The summed E-state index contributed by atoms with van der Waals surface area (Å²) in [5.74, 6) is 0.715. The number of hydrogen-bond acceptors (Lipinski definition) is 0. The van der Waals surface area contributed by atoms with E-state index in [2.05, 4.69) is 72.5 Å². The molecule has 0 aliphatic carbocycles. The maximum atomic E-state index is 3.33. The number of H-pyrrole nitrogens is 1. The zero-order valence-corrected chi connectivity index (χ0v) is 24.1. The van der Waals surface area contributed by atoms with Gasteiger partial charge in [-0.15, -0.1) is 0 Å². The molecule has 2 rings (SSSR count). The van der Waals surface area contributed by atoms with E-state index < -0.39 is 0 Å². The molecule has 1 aromatic heterocycles. The van der Waals surface area contributed by atoms with E-state index in [0.717, 1.165) is 0 Å². The second kappa shape index (κ2) is 21.5. The van der Waals surface area contributed by atoms with Crippen molar-refractivity contribution < 1.29 is 4.57 Å². The van der Waals surface area contributed by atoms with Gasteiger partial charge in [-0.05, 0) is 31.2 Å². The fourth-order valence-corrected chi connectivity index (χ4v) is 5.86. The molecule has 2 unspecified atom stereocenters. The van der Waals surface area contributed by atoms with Gasteiger partial charge in [-0.25, -0.2) is 4.57 Å². The molecular formula is C34H59N2+. The number of nitrogens with zero attached hydrogens (tertiary/aromatic N) is 1. The zero-order chi connectivity index (χ0) is 25.5. The first kappa shape index (κ1) is 30.7. The lowest BCUT2D eigenvalue weighted by atomic mass is 9.84. The molecule has 2 heteroatoms. The predicted octanol–water partition coefficient (Wildman–Crippen LogP) is 10.5. The normalized spacial score (nSPS) is 13.2. The molecule has 0 aliphatic rings. The highest BCUT2D eigenvalue weighted by Gasteiger charge is 2.26. The number of benzene rings is 1. The van der Waals surface area contributed by atoms with Crippen molar-refractivity contribution in [1.82, 2.24) is 4.98 Å². The number of unbranched alkanes of at least 4 members (excludes halogenated alkanes) is 16. The molecule has 204 valence electrons. The van der Waals surface area contributed by atoms with Crippen LogP contribution in [0.25, 0.3) is 0 Å². The van der Waals surface area contributed by atoms with Gasteiger partial charge in [-0.1, -0.05) is 153 Å². The fourth-order valence-electron chi connectivity index (χ4n) is 5.86. The molecule has 0 aliphatic heterocycles. The predicted molar refractivity (Wildman–Crippen MR) is 157 cm³/mol. The monoisotopic (exact) mass is 495 g/mol. The highest BCUT2D eigenvalue weighted by atomic mass is 15.1. The Kier molecular flexibility index (Phi) is 18.3. The lowest BCUT2D eigenvalue weighted by Crippen LogP contribution is -2.42. The van der Waals surface area contributed by atoms with Gasteiger partial charge < -0.3 is 0 Å². The van der Waals surface area contributed by atoms with E-state index in [9.17, 15) is 0 Å².